The van der Waals surface area contributed by atoms with Crippen molar-refractivity contribution in [3.8, 4) is 0 Å². The zero-order valence-electron chi connectivity index (χ0n) is 11.3. The highest BCUT2D eigenvalue weighted by molar-refractivity contribution is 7.80. The van der Waals surface area contributed by atoms with Crippen LogP contribution in [0, 0.1) is 6.92 Å². The van der Waals surface area contributed by atoms with Crippen molar-refractivity contribution in [2.75, 3.05) is 11.9 Å². The molecule has 0 spiro atoms. The van der Waals surface area contributed by atoms with E-state index in [0.29, 0.717) is 5.11 Å². The number of anilines is 1. The minimum absolute atomic E-state index is 0.617. The molecule has 2 aromatic rings. The van der Waals surface area contributed by atoms with Gasteiger partial charge in [0, 0.05) is 17.3 Å². The number of benzene rings is 2. The van der Waals surface area contributed by atoms with E-state index in [-0.39, 0.29) is 0 Å². The van der Waals surface area contributed by atoms with Gasteiger partial charge in [-0.1, -0.05) is 48.0 Å². The molecule has 0 saturated carbocycles. The molecular weight excluding hydrogens is 288 g/mol. The summed E-state index contributed by atoms with van der Waals surface area (Å²) in [6, 6.07) is 16.1. The van der Waals surface area contributed by atoms with Crippen LogP contribution in [0.4, 0.5) is 5.69 Å². The maximum Gasteiger partial charge on any atom is 0.170 e. The van der Waals surface area contributed by atoms with Gasteiger partial charge in [-0.25, -0.2) is 0 Å². The van der Waals surface area contributed by atoms with Crippen molar-refractivity contribution in [2.24, 2.45) is 0 Å². The molecule has 0 aromatic heterocycles. The van der Waals surface area contributed by atoms with E-state index in [9.17, 15) is 0 Å². The van der Waals surface area contributed by atoms with Gasteiger partial charge in [-0.2, -0.15) is 0 Å². The summed E-state index contributed by atoms with van der Waals surface area (Å²) in [4.78, 5) is 0. The third kappa shape index (κ3) is 4.22. The van der Waals surface area contributed by atoms with Crippen LogP contribution in [0.3, 0.4) is 0 Å². The summed E-state index contributed by atoms with van der Waals surface area (Å²) in [5.41, 5.74) is 3.23. The summed E-state index contributed by atoms with van der Waals surface area (Å²) in [5.74, 6) is 0. The van der Waals surface area contributed by atoms with E-state index in [0.717, 1.165) is 29.2 Å². The standard InChI is InChI=1S/C16H17ClN2S/c1-12-14(17)8-5-9-15(12)19-16(20)18-11-10-13-6-3-2-4-7-13/h2-9H,10-11H2,1H3,(H2,18,19,20). The van der Waals surface area contributed by atoms with Crippen LogP contribution in [0.5, 0.6) is 0 Å². The third-order valence-electron chi connectivity index (χ3n) is 3.06. The Morgan fingerprint density at radius 2 is 1.85 bits per heavy atom. The molecule has 2 rings (SSSR count). The Labute approximate surface area is 130 Å². The monoisotopic (exact) mass is 304 g/mol. The van der Waals surface area contributed by atoms with Crippen molar-refractivity contribution in [2.45, 2.75) is 13.3 Å². The average molecular weight is 305 g/mol. The number of hydrogen-bond donors (Lipinski definition) is 2. The van der Waals surface area contributed by atoms with E-state index in [1.54, 1.807) is 0 Å². The van der Waals surface area contributed by atoms with E-state index in [1.807, 2.05) is 43.3 Å². The summed E-state index contributed by atoms with van der Waals surface area (Å²) in [6.07, 6.45) is 0.942. The van der Waals surface area contributed by atoms with Crippen LogP contribution < -0.4 is 10.6 Å². The fraction of sp³-hybridized carbons (Fsp3) is 0.188. The normalized spacial score (nSPS) is 10.1. The second-order valence-corrected chi connectivity index (χ2v) is 5.34. The summed E-state index contributed by atoms with van der Waals surface area (Å²) in [6.45, 7) is 2.77. The van der Waals surface area contributed by atoms with Crippen LogP contribution in [0.15, 0.2) is 48.5 Å². The van der Waals surface area contributed by atoms with Crippen molar-refractivity contribution in [1.82, 2.24) is 5.32 Å². The molecule has 2 aromatic carbocycles. The Kier molecular flexibility index (Phi) is 5.39. The molecule has 0 atom stereocenters. The van der Waals surface area contributed by atoms with Gasteiger partial charge in [-0.15, -0.1) is 0 Å². The van der Waals surface area contributed by atoms with E-state index in [4.69, 9.17) is 23.8 Å². The highest BCUT2D eigenvalue weighted by Crippen LogP contribution is 2.22. The molecule has 2 N–H and O–H groups in total. The van der Waals surface area contributed by atoms with Crippen molar-refractivity contribution < 1.29 is 0 Å². The lowest BCUT2D eigenvalue weighted by molar-refractivity contribution is 0.873. The van der Waals surface area contributed by atoms with Gasteiger partial charge in [0.25, 0.3) is 0 Å². The van der Waals surface area contributed by atoms with Crippen molar-refractivity contribution in [3.05, 3.63) is 64.7 Å². The van der Waals surface area contributed by atoms with Crippen LogP contribution in [0.25, 0.3) is 0 Å². The van der Waals surface area contributed by atoms with E-state index in [1.165, 1.54) is 5.56 Å². The van der Waals surface area contributed by atoms with Crippen molar-refractivity contribution >= 4 is 34.6 Å². The number of thiocarbonyl (C=S) groups is 1. The molecular formula is C16H17ClN2S. The summed E-state index contributed by atoms with van der Waals surface area (Å²) in [7, 11) is 0. The van der Waals surface area contributed by atoms with Crippen LogP contribution in [0.1, 0.15) is 11.1 Å². The maximum atomic E-state index is 6.08. The largest absolute Gasteiger partial charge is 0.362 e. The fourth-order valence-corrected chi connectivity index (χ4v) is 2.26. The lowest BCUT2D eigenvalue weighted by atomic mass is 10.1. The van der Waals surface area contributed by atoms with Gasteiger partial charge >= 0.3 is 0 Å². The van der Waals surface area contributed by atoms with Crippen LogP contribution in [-0.2, 0) is 6.42 Å². The molecule has 0 heterocycles. The second kappa shape index (κ2) is 7.27. The first kappa shape index (κ1) is 14.8. The molecule has 0 aliphatic rings. The van der Waals surface area contributed by atoms with E-state index < -0.39 is 0 Å². The molecule has 4 heteroatoms. The quantitative estimate of drug-likeness (QED) is 0.829. The van der Waals surface area contributed by atoms with Crippen molar-refractivity contribution in [1.29, 1.82) is 0 Å². The number of rotatable bonds is 4. The van der Waals surface area contributed by atoms with E-state index in [2.05, 4.69) is 22.8 Å². The molecule has 20 heavy (non-hydrogen) atoms. The first-order valence-corrected chi connectivity index (χ1v) is 7.29. The molecule has 104 valence electrons. The van der Waals surface area contributed by atoms with Gasteiger partial charge < -0.3 is 10.6 Å². The lowest BCUT2D eigenvalue weighted by Gasteiger charge is -2.13. The van der Waals surface area contributed by atoms with Crippen LogP contribution in [0.2, 0.25) is 5.02 Å². The van der Waals surface area contributed by atoms with Crippen molar-refractivity contribution in [3.63, 3.8) is 0 Å². The second-order valence-electron chi connectivity index (χ2n) is 4.53. The zero-order valence-corrected chi connectivity index (χ0v) is 12.9. The van der Waals surface area contributed by atoms with Gasteiger partial charge in [0.2, 0.25) is 0 Å². The molecule has 0 aliphatic heterocycles. The first-order valence-electron chi connectivity index (χ1n) is 6.50. The Bertz CT molecular complexity index is 584. The number of nitrogens with one attached hydrogen (secondary N) is 2. The first-order chi connectivity index (χ1) is 9.66. The SMILES string of the molecule is Cc1c(Cl)cccc1NC(=S)NCCc1ccccc1. The van der Waals surface area contributed by atoms with Crippen LogP contribution >= 0.6 is 23.8 Å². The fourth-order valence-electron chi connectivity index (χ4n) is 1.87. The lowest BCUT2D eigenvalue weighted by Crippen LogP contribution is -2.30. The Morgan fingerprint density at radius 3 is 2.60 bits per heavy atom. The van der Waals surface area contributed by atoms with Gasteiger partial charge in [-0.3, -0.25) is 0 Å². The zero-order chi connectivity index (χ0) is 14.4. The molecule has 0 saturated heterocycles. The average Bonchev–Trinajstić information content (AvgIpc) is 2.45. The highest BCUT2D eigenvalue weighted by Gasteiger charge is 2.03. The van der Waals surface area contributed by atoms with Gasteiger partial charge in [0.1, 0.15) is 0 Å². The van der Waals surface area contributed by atoms with Gasteiger partial charge in [-0.05, 0) is 48.8 Å². The van der Waals surface area contributed by atoms with E-state index >= 15 is 0 Å². The van der Waals surface area contributed by atoms with Gasteiger partial charge in [0.15, 0.2) is 5.11 Å². The summed E-state index contributed by atoms with van der Waals surface area (Å²) < 4.78 is 0. The maximum absolute atomic E-state index is 6.08. The number of hydrogen-bond acceptors (Lipinski definition) is 1. The molecule has 0 unspecified atom stereocenters. The Hall–Kier alpha value is -1.58. The molecule has 0 fully saturated rings. The topological polar surface area (TPSA) is 24.1 Å². The third-order valence-corrected chi connectivity index (χ3v) is 3.71. The smallest absolute Gasteiger partial charge is 0.170 e. The predicted molar refractivity (Wildman–Crippen MR) is 90.6 cm³/mol. The molecule has 0 aliphatic carbocycles. The molecule has 0 bridgehead atoms. The summed E-state index contributed by atoms with van der Waals surface area (Å²) >= 11 is 11.4. The van der Waals surface area contributed by atoms with Crippen LogP contribution in [-0.4, -0.2) is 11.7 Å². The number of halogens is 1. The highest BCUT2D eigenvalue weighted by atomic mass is 35.5. The molecule has 2 nitrogen and oxygen atoms in total. The Balaban J connectivity index is 1.82. The molecule has 0 radical (unpaired) electrons. The summed E-state index contributed by atoms with van der Waals surface area (Å²) in [5, 5.41) is 7.73. The molecule has 0 amide bonds. The van der Waals surface area contributed by atoms with Gasteiger partial charge in [0.05, 0.1) is 0 Å². The minimum atomic E-state index is 0.617. The predicted octanol–water partition coefficient (Wildman–Crippen LogP) is 4.18. The minimum Gasteiger partial charge on any atom is -0.362 e. The Morgan fingerprint density at radius 1 is 1.10 bits per heavy atom.